The maximum Gasteiger partial charge on any atom is 0.160 e. The highest BCUT2D eigenvalue weighted by atomic mass is 16.1. The molecule has 0 N–H and O–H groups in total. The van der Waals surface area contributed by atoms with E-state index in [4.69, 9.17) is 0 Å². The van der Waals surface area contributed by atoms with Crippen molar-refractivity contribution in [3.05, 3.63) is 47.5 Å². The van der Waals surface area contributed by atoms with E-state index in [2.05, 4.69) is 30.2 Å². The first-order valence-corrected chi connectivity index (χ1v) is 6.20. The minimum absolute atomic E-state index is 0.306. The normalized spacial score (nSPS) is 16.6. The Hall–Kier alpha value is -1.41. The van der Waals surface area contributed by atoms with E-state index in [9.17, 15) is 4.79 Å². The highest BCUT2D eigenvalue weighted by molar-refractivity contribution is 5.95. The van der Waals surface area contributed by atoms with Gasteiger partial charge in [0.2, 0.25) is 0 Å². The summed E-state index contributed by atoms with van der Waals surface area (Å²) < 4.78 is 0. The van der Waals surface area contributed by atoms with Crippen LogP contribution in [0.3, 0.4) is 0 Å². The molecule has 0 amide bonds. The Balaban J connectivity index is 1.87. The van der Waals surface area contributed by atoms with Crippen molar-refractivity contribution in [3.8, 4) is 0 Å². The molecule has 0 saturated heterocycles. The molecule has 0 unspecified atom stereocenters. The summed E-state index contributed by atoms with van der Waals surface area (Å²) in [4.78, 5) is 14.2. The average Bonchev–Trinajstić information content (AvgIpc) is 2.37. The molecule has 0 spiro atoms. The molecular weight excluding hydrogens is 210 g/mol. The summed E-state index contributed by atoms with van der Waals surface area (Å²) in [7, 11) is 2.07. The van der Waals surface area contributed by atoms with Gasteiger partial charge in [0, 0.05) is 25.1 Å². The number of rotatable bonds is 4. The molecule has 2 heteroatoms. The van der Waals surface area contributed by atoms with Gasteiger partial charge in [-0.1, -0.05) is 36.4 Å². The molecule has 2 nitrogen and oxygen atoms in total. The molecule has 0 saturated carbocycles. The summed E-state index contributed by atoms with van der Waals surface area (Å²) in [5.74, 6) is 0.306. The number of Topliss-reactive ketones (excluding diaryl/α,β-unsaturated/α-hetero) is 1. The van der Waals surface area contributed by atoms with Crippen molar-refractivity contribution in [3.63, 3.8) is 0 Å². The van der Waals surface area contributed by atoms with Gasteiger partial charge in [-0.05, 0) is 25.5 Å². The van der Waals surface area contributed by atoms with Crippen LogP contribution >= 0.6 is 0 Å². The summed E-state index contributed by atoms with van der Waals surface area (Å²) in [6.07, 6.45) is 4.58. The van der Waals surface area contributed by atoms with E-state index < -0.39 is 0 Å². The van der Waals surface area contributed by atoms with Crippen LogP contribution in [-0.4, -0.2) is 30.8 Å². The Morgan fingerprint density at radius 2 is 2.06 bits per heavy atom. The molecule has 0 aliphatic carbocycles. The summed E-state index contributed by atoms with van der Waals surface area (Å²) in [5.41, 5.74) is 2.24. The van der Waals surface area contributed by atoms with Gasteiger partial charge < -0.3 is 4.90 Å². The van der Waals surface area contributed by atoms with E-state index in [0.717, 1.165) is 31.5 Å². The number of hydrogen-bond donors (Lipinski definition) is 0. The zero-order valence-corrected chi connectivity index (χ0v) is 10.4. The van der Waals surface area contributed by atoms with Crippen molar-refractivity contribution < 1.29 is 4.79 Å². The number of benzene rings is 1. The molecule has 1 aromatic rings. The number of nitrogens with zero attached hydrogens (tertiary/aromatic N) is 1. The van der Waals surface area contributed by atoms with Gasteiger partial charge in [0.05, 0.1) is 0 Å². The zero-order valence-electron chi connectivity index (χ0n) is 10.4. The number of carbonyl (C=O) groups excluding carboxylic acids is 1. The molecule has 90 valence electrons. The molecular formula is C15H19NO. The number of carbonyl (C=O) groups is 1. The first-order valence-electron chi connectivity index (χ1n) is 6.20. The second-order valence-electron chi connectivity index (χ2n) is 4.66. The van der Waals surface area contributed by atoms with E-state index in [0.29, 0.717) is 12.2 Å². The largest absolute Gasteiger partial charge is 0.302 e. The van der Waals surface area contributed by atoms with Crippen molar-refractivity contribution in [2.45, 2.75) is 19.3 Å². The summed E-state index contributed by atoms with van der Waals surface area (Å²) in [6, 6.07) is 10.2. The van der Waals surface area contributed by atoms with Gasteiger partial charge >= 0.3 is 0 Å². The number of likely N-dealkylation sites (N-methyl/N-ethyl adjacent to an activating group) is 1. The third-order valence-electron chi connectivity index (χ3n) is 3.18. The lowest BCUT2D eigenvalue weighted by molar-refractivity contribution is -0.115. The average molecular weight is 229 g/mol. The smallest absolute Gasteiger partial charge is 0.160 e. The Bertz CT molecular complexity index is 408. The standard InChI is InChI=1S/C15H19NO/c1-16-11-5-8-14(12-16)15(17)10-9-13-6-3-2-4-7-13/h2-4,6-8H,5,9-12H2,1H3. The quantitative estimate of drug-likeness (QED) is 0.790. The van der Waals surface area contributed by atoms with Crippen LogP contribution in [0, 0.1) is 0 Å². The van der Waals surface area contributed by atoms with Gasteiger partial charge in [-0.15, -0.1) is 0 Å². The van der Waals surface area contributed by atoms with Crippen molar-refractivity contribution in [2.75, 3.05) is 20.1 Å². The first-order chi connectivity index (χ1) is 8.25. The zero-order chi connectivity index (χ0) is 12.1. The molecule has 0 fully saturated rings. The lowest BCUT2D eigenvalue weighted by Crippen LogP contribution is -2.28. The molecule has 1 heterocycles. The number of aryl methyl sites for hydroxylation is 1. The second kappa shape index (κ2) is 5.78. The Morgan fingerprint density at radius 1 is 1.29 bits per heavy atom. The van der Waals surface area contributed by atoms with Crippen LogP contribution in [0.2, 0.25) is 0 Å². The molecule has 0 aromatic heterocycles. The van der Waals surface area contributed by atoms with Crippen molar-refractivity contribution in [1.82, 2.24) is 4.90 Å². The monoisotopic (exact) mass is 229 g/mol. The van der Waals surface area contributed by atoms with E-state index in [1.54, 1.807) is 0 Å². The fourth-order valence-corrected chi connectivity index (χ4v) is 2.16. The fourth-order valence-electron chi connectivity index (χ4n) is 2.16. The third kappa shape index (κ3) is 3.53. The Morgan fingerprint density at radius 3 is 2.76 bits per heavy atom. The fraction of sp³-hybridized carbons (Fsp3) is 0.400. The summed E-state index contributed by atoms with van der Waals surface area (Å²) >= 11 is 0. The van der Waals surface area contributed by atoms with Crippen LogP contribution in [0.25, 0.3) is 0 Å². The van der Waals surface area contributed by atoms with Crippen LogP contribution in [0.5, 0.6) is 0 Å². The third-order valence-corrected chi connectivity index (χ3v) is 3.18. The van der Waals surface area contributed by atoms with Gasteiger partial charge in [-0.3, -0.25) is 4.79 Å². The van der Waals surface area contributed by atoms with E-state index in [1.807, 2.05) is 18.2 Å². The van der Waals surface area contributed by atoms with Gasteiger partial charge in [-0.2, -0.15) is 0 Å². The van der Waals surface area contributed by atoms with Crippen LogP contribution in [0.15, 0.2) is 42.0 Å². The van der Waals surface area contributed by atoms with Crippen molar-refractivity contribution in [2.24, 2.45) is 0 Å². The lowest BCUT2D eigenvalue weighted by atomic mass is 10.00. The number of ketones is 1. The summed E-state index contributed by atoms with van der Waals surface area (Å²) in [5, 5.41) is 0. The number of hydrogen-bond acceptors (Lipinski definition) is 2. The van der Waals surface area contributed by atoms with Crippen molar-refractivity contribution >= 4 is 5.78 Å². The van der Waals surface area contributed by atoms with Gasteiger partial charge in [0.25, 0.3) is 0 Å². The maximum atomic E-state index is 12.0. The SMILES string of the molecule is CN1CCC=C(C(=O)CCc2ccccc2)C1. The molecule has 1 aliphatic heterocycles. The highest BCUT2D eigenvalue weighted by Gasteiger charge is 2.14. The van der Waals surface area contributed by atoms with Crippen LogP contribution in [-0.2, 0) is 11.2 Å². The van der Waals surface area contributed by atoms with Crippen LogP contribution in [0.4, 0.5) is 0 Å². The van der Waals surface area contributed by atoms with E-state index in [1.165, 1.54) is 5.56 Å². The van der Waals surface area contributed by atoms with Gasteiger partial charge in [0.15, 0.2) is 5.78 Å². The van der Waals surface area contributed by atoms with E-state index in [-0.39, 0.29) is 0 Å². The Labute approximate surface area is 103 Å². The highest BCUT2D eigenvalue weighted by Crippen LogP contribution is 2.12. The first kappa shape index (κ1) is 12.1. The maximum absolute atomic E-state index is 12.0. The van der Waals surface area contributed by atoms with Crippen LogP contribution < -0.4 is 0 Å². The minimum atomic E-state index is 0.306. The molecule has 1 aromatic carbocycles. The molecule has 0 atom stereocenters. The predicted molar refractivity (Wildman–Crippen MR) is 70.0 cm³/mol. The van der Waals surface area contributed by atoms with Crippen LogP contribution in [0.1, 0.15) is 18.4 Å². The Kier molecular flexibility index (Phi) is 4.10. The van der Waals surface area contributed by atoms with E-state index >= 15 is 0 Å². The minimum Gasteiger partial charge on any atom is -0.302 e. The topological polar surface area (TPSA) is 20.3 Å². The second-order valence-corrected chi connectivity index (χ2v) is 4.66. The predicted octanol–water partition coefficient (Wildman–Crippen LogP) is 2.45. The molecule has 2 rings (SSSR count). The van der Waals surface area contributed by atoms with Gasteiger partial charge in [0.1, 0.15) is 0 Å². The van der Waals surface area contributed by atoms with Gasteiger partial charge in [-0.25, -0.2) is 0 Å². The molecule has 0 bridgehead atoms. The molecule has 17 heavy (non-hydrogen) atoms. The molecule has 1 aliphatic rings. The van der Waals surface area contributed by atoms with Crippen molar-refractivity contribution in [1.29, 1.82) is 0 Å². The summed E-state index contributed by atoms with van der Waals surface area (Å²) in [6.45, 7) is 1.88. The lowest BCUT2D eigenvalue weighted by Gasteiger charge is -2.22. The molecule has 0 radical (unpaired) electrons.